The molecule has 0 amide bonds. The summed E-state index contributed by atoms with van der Waals surface area (Å²) in [6.45, 7) is 0. The second kappa shape index (κ2) is 6.87. The Kier molecular flexibility index (Phi) is 4.25. The van der Waals surface area contributed by atoms with E-state index in [9.17, 15) is 8.78 Å². The Bertz CT molecular complexity index is 1100. The first-order valence-corrected chi connectivity index (χ1v) is 8.00. The van der Waals surface area contributed by atoms with Gasteiger partial charge in [-0.2, -0.15) is 4.68 Å². The molecule has 0 fully saturated rings. The van der Waals surface area contributed by atoms with Gasteiger partial charge in [-0.1, -0.05) is 12.1 Å². The molecule has 134 valence electrons. The van der Waals surface area contributed by atoms with Gasteiger partial charge in [-0.25, -0.2) is 13.8 Å². The minimum absolute atomic E-state index is 0.0937. The summed E-state index contributed by atoms with van der Waals surface area (Å²) in [5.41, 5.74) is 2.08. The van der Waals surface area contributed by atoms with E-state index in [1.807, 2.05) is 18.2 Å². The third-order valence-electron chi connectivity index (χ3n) is 3.99. The molecule has 0 unspecified atom stereocenters. The number of hydrogen-bond acceptors (Lipinski definition) is 6. The molecular weight excluding hydrogens is 352 g/mol. The molecule has 1 N–H and O–H groups in total. The first-order valence-electron chi connectivity index (χ1n) is 8.00. The predicted octanol–water partition coefficient (Wildman–Crippen LogP) is 3.11. The van der Waals surface area contributed by atoms with Crippen LogP contribution in [0.15, 0.2) is 55.0 Å². The molecule has 0 saturated carbocycles. The molecule has 0 saturated heterocycles. The van der Waals surface area contributed by atoms with Crippen molar-refractivity contribution in [1.82, 2.24) is 30.2 Å². The first kappa shape index (κ1) is 16.7. The highest BCUT2D eigenvalue weighted by Gasteiger charge is 2.20. The fraction of sp³-hybridized carbons (Fsp3) is 0.0556. The summed E-state index contributed by atoms with van der Waals surface area (Å²) in [4.78, 5) is 8.49. The van der Waals surface area contributed by atoms with Crippen molar-refractivity contribution < 1.29 is 8.78 Å². The van der Waals surface area contributed by atoms with Crippen LogP contribution in [0, 0.1) is 11.6 Å². The molecule has 9 heteroatoms. The zero-order valence-corrected chi connectivity index (χ0v) is 14.1. The van der Waals surface area contributed by atoms with Crippen LogP contribution in [0.5, 0.6) is 0 Å². The van der Waals surface area contributed by atoms with Crippen molar-refractivity contribution in [3.63, 3.8) is 0 Å². The number of pyridine rings is 2. The normalized spacial score (nSPS) is 10.8. The van der Waals surface area contributed by atoms with E-state index in [0.29, 0.717) is 11.4 Å². The van der Waals surface area contributed by atoms with Crippen molar-refractivity contribution in [2.24, 2.45) is 0 Å². The lowest BCUT2D eigenvalue weighted by molar-refractivity contribution is 0.501. The molecule has 27 heavy (non-hydrogen) atoms. The van der Waals surface area contributed by atoms with Gasteiger partial charge in [0.05, 0.1) is 5.56 Å². The SMILES string of the molecule is CNc1ncc(-c2cccnc2)cc1-c1nnnn1-c1cccc(F)c1F. The van der Waals surface area contributed by atoms with E-state index in [4.69, 9.17) is 0 Å². The molecule has 3 heterocycles. The van der Waals surface area contributed by atoms with Crippen LogP contribution in [0.2, 0.25) is 0 Å². The van der Waals surface area contributed by atoms with Crippen LogP contribution in [0.4, 0.5) is 14.6 Å². The summed E-state index contributed by atoms with van der Waals surface area (Å²) in [6, 6.07) is 9.34. The molecule has 4 aromatic rings. The van der Waals surface area contributed by atoms with Gasteiger partial charge in [-0.15, -0.1) is 5.10 Å². The molecule has 7 nitrogen and oxygen atoms in total. The highest BCUT2D eigenvalue weighted by Crippen LogP contribution is 2.30. The van der Waals surface area contributed by atoms with Gasteiger partial charge >= 0.3 is 0 Å². The van der Waals surface area contributed by atoms with Crippen molar-refractivity contribution in [2.45, 2.75) is 0 Å². The van der Waals surface area contributed by atoms with E-state index in [2.05, 4.69) is 30.8 Å². The van der Waals surface area contributed by atoms with Crippen molar-refractivity contribution in [1.29, 1.82) is 0 Å². The van der Waals surface area contributed by atoms with Crippen molar-refractivity contribution in [2.75, 3.05) is 12.4 Å². The van der Waals surface area contributed by atoms with Crippen LogP contribution in [-0.2, 0) is 0 Å². The Balaban J connectivity index is 1.90. The van der Waals surface area contributed by atoms with Crippen LogP contribution in [0.3, 0.4) is 0 Å². The second-order valence-electron chi connectivity index (χ2n) is 5.60. The largest absolute Gasteiger partial charge is 0.373 e. The average molecular weight is 365 g/mol. The van der Waals surface area contributed by atoms with Crippen LogP contribution in [0.1, 0.15) is 0 Å². The number of anilines is 1. The molecule has 0 aliphatic heterocycles. The molecule has 0 aliphatic carbocycles. The first-order chi connectivity index (χ1) is 13.2. The van der Waals surface area contributed by atoms with Gasteiger partial charge in [0.15, 0.2) is 17.5 Å². The number of benzene rings is 1. The van der Waals surface area contributed by atoms with E-state index >= 15 is 0 Å². The fourth-order valence-corrected chi connectivity index (χ4v) is 2.70. The molecule has 0 aliphatic rings. The number of aromatic nitrogens is 6. The van der Waals surface area contributed by atoms with Crippen molar-refractivity contribution >= 4 is 5.82 Å². The lowest BCUT2D eigenvalue weighted by Gasteiger charge is -2.11. The maximum Gasteiger partial charge on any atom is 0.190 e. The van der Waals surface area contributed by atoms with Gasteiger partial charge in [-0.3, -0.25) is 4.98 Å². The topological polar surface area (TPSA) is 81.4 Å². The molecule has 0 spiro atoms. The Morgan fingerprint density at radius 1 is 1.04 bits per heavy atom. The van der Waals surface area contributed by atoms with Crippen molar-refractivity contribution in [3.8, 4) is 28.2 Å². The van der Waals surface area contributed by atoms with Crippen LogP contribution < -0.4 is 5.32 Å². The predicted molar refractivity (Wildman–Crippen MR) is 95.1 cm³/mol. The Morgan fingerprint density at radius 3 is 2.70 bits per heavy atom. The average Bonchev–Trinajstić information content (AvgIpc) is 3.19. The fourth-order valence-electron chi connectivity index (χ4n) is 2.70. The maximum absolute atomic E-state index is 14.3. The third-order valence-corrected chi connectivity index (χ3v) is 3.99. The van der Waals surface area contributed by atoms with Crippen molar-refractivity contribution in [3.05, 3.63) is 66.6 Å². The van der Waals surface area contributed by atoms with Gasteiger partial charge in [0.2, 0.25) is 0 Å². The van der Waals surface area contributed by atoms with E-state index in [1.165, 1.54) is 12.1 Å². The third kappa shape index (κ3) is 2.99. The lowest BCUT2D eigenvalue weighted by Crippen LogP contribution is -2.06. The summed E-state index contributed by atoms with van der Waals surface area (Å²) in [5.74, 6) is -1.30. The Labute approximate surface area is 152 Å². The summed E-state index contributed by atoms with van der Waals surface area (Å²) in [7, 11) is 1.70. The Hall–Kier alpha value is -3.75. The zero-order valence-electron chi connectivity index (χ0n) is 14.1. The number of nitrogens with one attached hydrogen (secondary N) is 1. The maximum atomic E-state index is 14.3. The number of nitrogens with zero attached hydrogens (tertiary/aromatic N) is 6. The summed E-state index contributed by atoms with van der Waals surface area (Å²) < 4.78 is 29.0. The monoisotopic (exact) mass is 365 g/mol. The second-order valence-corrected chi connectivity index (χ2v) is 5.60. The molecule has 3 aromatic heterocycles. The molecule has 4 rings (SSSR count). The molecular formula is C18H13F2N7. The van der Waals surface area contributed by atoms with E-state index in [1.54, 1.807) is 25.6 Å². The van der Waals surface area contributed by atoms with Crippen LogP contribution in [0.25, 0.3) is 28.2 Å². The smallest absolute Gasteiger partial charge is 0.190 e. The number of tetrazole rings is 1. The van der Waals surface area contributed by atoms with Gasteiger partial charge in [0.1, 0.15) is 11.5 Å². The van der Waals surface area contributed by atoms with Crippen LogP contribution in [-0.4, -0.2) is 37.2 Å². The molecule has 0 bridgehead atoms. The zero-order chi connectivity index (χ0) is 18.8. The van der Waals surface area contributed by atoms with E-state index in [0.717, 1.165) is 21.9 Å². The highest BCUT2D eigenvalue weighted by atomic mass is 19.2. The highest BCUT2D eigenvalue weighted by molar-refractivity contribution is 5.77. The number of halogens is 2. The van der Waals surface area contributed by atoms with Gasteiger partial charge < -0.3 is 5.32 Å². The van der Waals surface area contributed by atoms with Gasteiger partial charge in [0, 0.05) is 36.8 Å². The summed E-state index contributed by atoms with van der Waals surface area (Å²) in [6.07, 6.45) is 5.06. The number of rotatable bonds is 4. The minimum atomic E-state index is -1.03. The molecule has 1 aromatic carbocycles. The van der Waals surface area contributed by atoms with Gasteiger partial charge in [-0.05, 0) is 34.7 Å². The molecule has 0 radical (unpaired) electrons. The summed E-state index contributed by atoms with van der Waals surface area (Å²) >= 11 is 0. The standard InChI is InChI=1S/C18H13F2N7/c1-21-17-13(8-12(10-23-17)11-4-3-7-22-9-11)18-24-25-26-27(18)15-6-2-5-14(19)16(15)20/h2-10H,1H3,(H,21,23). The molecule has 0 atom stereocenters. The summed E-state index contributed by atoms with van der Waals surface area (Å²) in [5, 5.41) is 14.4. The lowest BCUT2D eigenvalue weighted by atomic mass is 10.1. The Morgan fingerprint density at radius 2 is 1.93 bits per heavy atom. The minimum Gasteiger partial charge on any atom is -0.373 e. The quantitative estimate of drug-likeness (QED) is 0.598. The number of hydrogen-bond donors (Lipinski definition) is 1. The van der Waals surface area contributed by atoms with Gasteiger partial charge in [0.25, 0.3) is 0 Å². The van der Waals surface area contributed by atoms with E-state index in [-0.39, 0.29) is 11.5 Å². The van der Waals surface area contributed by atoms with Crippen LogP contribution >= 0.6 is 0 Å². The van der Waals surface area contributed by atoms with E-state index < -0.39 is 11.6 Å².